The number of rotatable bonds is 0. The molecule has 2 aromatic carbocycles. The van der Waals surface area contributed by atoms with Crippen LogP contribution < -0.4 is 0 Å². The fourth-order valence-electron chi connectivity index (χ4n) is 1.98. The van der Waals surface area contributed by atoms with Gasteiger partial charge < -0.3 is 0 Å². The summed E-state index contributed by atoms with van der Waals surface area (Å²) in [6, 6.07) is 11.4. The van der Waals surface area contributed by atoms with Crippen molar-refractivity contribution >= 4 is 22.1 Å². The molecule has 6 nitrogen and oxygen atoms in total. The van der Waals surface area contributed by atoms with Crippen LogP contribution in [0.25, 0.3) is 22.1 Å². The molecule has 0 saturated carbocycles. The Balaban J connectivity index is 1.73. The van der Waals surface area contributed by atoms with E-state index in [0.29, 0.717) is 0 Å². The van der Waals surface area contributed by atoms with Gasteiger partial charge in [-0.3, -0.25) is 0 Å². The molecule has 0 amide bonds. The minimum Gasteiger partial charge on any atom is -0.197 e. The molecule has 0 spiro atoms. The van der Waals surface area contributed by atoms with Gasteiger partial charge in [0, 0.05) is 11.1 Å². The Hall–Kier alpha value is -3.20. The first-order chi connectivity index (χ1) is 9.88. The third-order valence-electron chi connectivity index (χ3n) is 2.98. The van der Waals surface area contributed by atoms with Gasteiger partial charge in [0.1, 0.15) is 22.1 Å². The molecular weight excluding hydrogens is 252 g/mol. The zero-order chi connectivity index (χ0) is 13.4. The van der Waals surface area contributed by atoms with E-state index >= 15 is 0 Å². The van der Waals surface area contributed by atoms with Crippen molar-refractivity contribution in [2.45, 2.75) is 0 Å². The van der Waals surface area contributed by atoms with Crippen LogP contribution >= 0.6 is 0 Å². The highest BCUT2D eigenvalue weighted by molar-refractivity contribution is 5.76. The largest absolute Gasteiger partial charge is 0.197 e. The maximum absolute atomic E-state index is 4.04. The highest BCUT2D eigenvalue weighted by Gasteiger charge is 1.99. The maximum Gasteiger partial charge on any atom is 0.114 e. The summed E-state index contributed by atoms with van der Waals surface area (Å²) in [6.45, 7) is 0. The summed E-state index contributed by atoms with van der Waals surface area (Å²) >= 11 is 0. The third kappa shape index (κ3) is 1.78. The summed E-state index contributed by atoms with van der Waals surface area (Å²) in [5, 5.41) is 21.3. The van der Waals surface area contributed by atoms with E-state index < -0.39 is 0 Å². The Morgan fingerprint density at radius 3 is 1.55 bits per heavy atom. The molecular formula is C14H8N6. The fraction of sp³-hybridized carbons (Fsp3) is 0. The summed E-state index contributed by atoms with van der Waals surface area (Å²) in [7, 11) is 0. The highest BCUT2D eigenvalue weighted by atomic mass is 15.3. The van der Waals surface area contributed by atoms with Crippen LogP contribution in [0.4, 0.5) is 0 Å². The molecule has 4 aromatic rings. The lowest BCUT2D eigenvalue weighted by molar-refractivity contribution is 0.959. The molecule has 0 unspecified atom stereocenters. The Morgan fingerprint density at radius 2 is 1.05 bits per heavy atom. The molecule has 0 fully saturated rings. The molecule has 0 aliphatic rings. The number of hydrogen-bond donors (Lipinski definition) is 2. The van der Waals surface area contributed by atoms with E-state index in [-0.39, 0.29) is 0 Å². The average Bonchev–Trinajstić information content (AvgIpc) is 3.12. The van der Waals surface area contributed by atoms with Gasteiger partial charge in [0.15, 0.2) is 0 Å². The van der Waals surface area contributed by atoms with Crippen LogP contribution in [0.1, 0.15) is 11.1 Å². The fourth-order valence-corrected chi connectivity index (χ4v) is 1.98. The molecule has 2 heterocycles. The zero-order valence-corrected chi connectivity index (χ0v) is 10.3. The van der Waals surface area contributed by atoms with Crippen molar-refractivity contribution in [2.24, 2.45) is 0 Å². The Morgan fingerprint density at radius 1 is 0.600 bits per heavy atom. The predicted molar refractivity (Wildman–Crippen MR) is 73.8 cm³/mol. The summed E-state index contributed by atoms with van der Waals surface area (Å²) < 4.78 is 0. The Kier molecular flexibility index (Phi) is 2.23. The van der Waals surface area contributed by atoms with E-state index in [9.17, 15) is 0 Å². The Bertz CT molecular complexity index is 891. The molecule has 0 aliphatic heterocycles. The molecule has 0 radical (unpaired) electrons. The number of aromatic amines is 2. The molecule has 94 valence electrons. The van der Waals surface area contributed by atoms with Crippen LogP contribution in [0.5, 0.6) is 0 Å². The second-order valence-electron chi connectivity index (χ2n) is 4.30. The van der Waals surface area contributed by atoms with Gasteiger partial charge in [-0.15, -0.1) is 0 Å². The average molecular weight is 260 g/mol. The standard InChI is InChI=1S/C14H8N6/c1(9-3-5-11-13(7-9)17-19-15-11)2-10-4-6-12-14(8-10)18-20-16-12/h3-8H,(H,15,17,19)(H,16,18,20). The first-order valence-electron chi connectivity index (χ1n) is 6.01. The van der Waals surface area contributed by atoms with Gasteiger partial charge in [0.2, 0.25) is 0 Å². The number of hydrogen-bond acceptors (Lipinski definition) is 4. The van der Waals surface area contributed by atoms with Gasteiger partial charge in [-0.2, -0.15) is 30.8 Å². The van der Waals surface area contributed by atoms with E-state index in [1.807, 2.05) is 36.4 Å². The van der Waals surface area contributed by atoms with Gasteiger partial charge in [0.05, 0.1) is 0 Å². The summed E-state index contributed by atoms with van der Waals surface area (Å²) in [4.78, 5) is 0. The molecule has 4 rings (SSSR count). The van der Waals surface area contributed by atoms with Gasteiger partial charge in [-0.1, -0.05) is 11.8 Å². The number of fused-ring (bicyclic) bond motifs is 2. The van der Waals surface area contributed by atoms with Crippen LogP contribution in [-0.2, 0) is 0 Å². The first-order valence-corrected chi connectivity index (χ1v) is 6.01. The van der Waals surface area contributed by atoms with Crippen molar-refractivity contribution in [1.82, 2.24) is 30.8 Å². The maximum atomic E-state index is 4.04. The van der Waals surface area contributed by atoms with Crippen molar-refractivity contribution in [3.63, 3.8) is 0 Å². The van der Waals surface area contributed by atoms with E-state index in [1.165, 1.54) is 0 Å². The number of nitrogens with zero attached hydrogens (tertiary/aromatic N) is 4. The second-order valence-corrected chi connectivity index (χ2v) is 4.30. The predicted octanol–water partition coefficient (Wildman–Crippen LogP) is 1.63. The number of nitrogens with one attached hydrogen (secondary N) is 2. The molecule has 0 bridgehead atoms. The minimum atomic E-state index is 0.809. The number of aromatic nitrogens is 6. The summed E-state index contributed by atoms with van der Waals surface area (Å²) in [6.07, 6.45) is 0. The van der Waals surface area contributed by atoms with Crippen LogP contribution in [0, 0.1) is 11.8 Å². The van der Waals surface area contributed by atoms with Crippen molar-refractivity contribution in [2.75, 3.05) is 0 Å². The lowest BCUT2D eigenvalue weighted by Crippen LogP contribution is -1.78. The van der Waals surface area contributed by atoms with Crippen LogP contribution in [0.3, 0.4) is 0 Å². The van der Waals surface area contributed by atoms with Crippen LogP contribution in [0.2, 0.25) is 0 Å². The van der Waals surface area contributed by atoms with Gasteiger partial charge in [0.25, 0.3) is 0 Å². The Labute approximate surface area is 113 Å². The second kappa shape index (κ2) is 4.17. The third-order valence-corrected chi connectivity index (χ3v) is 2.98. The molecule has 6 heteroatoms. The quantitative estimate of drug-likeness (QED) is 0.471. The topological polar surface area (TPSA) is 83.1 Å². The number of H-pyrrole nitrogens is 2. The molecule has 0 saturated heterocycles. The first kappa shape index (κ1) is 10.7. The monoisotopic (exact) mass is 260 g/mol. The van der Waals surface area contributed by atoms with E-state index in [1.54, 1.807) is 0 Å². The van der Waals surface area contributed by atoms with Crippen molar-refractivity contribution in [3.05, 3.63) is 47.5 Å². The number of benzene rings is 2. The van der Waals surface area contributed by atoms with Crippen molar-refractivity contribution in [1.29, 1.82) is 0 Å². The summed E-state index contributed by atoms with van der Waals surface area (Å²) in [5.74, 6) is 6.22. The SMILES string of the molecule is C(#Cc1ccc2n[nH]nc2c1)c1ccc2n[nH]nc2c1. The molecule has 0 atom stereocenters. The van der Waals surface area contributed by atoms with E-state index in [2.05, 4.69) is 42.7 Å². The zero-order valence-electron chi connectivity index (χ0n) is 10.3. The van der Waals surface area contributed by atoms with Gasteiger partial charge >= 0.3 is 0 Å². The normalized spacial score (nSPS) is 10.6. The van der Waals surface area contributed by atoms with E-state index in [0.717, 1.165) is 33.2 Å². The molecule has 2 N–H and O–H groups in total. The van der Waals surface area contributed by atoms with Gasteiger partial charge in [-0.05, 0) is 36.4 Å². The smallest absolute Gasteiger partial charge is 0.114 e. The summed E-state index contributed by atoms with van der Waals surface area (Å²) in [5.41, 5.74) is 5.07. The van der Waals surface area contributed by atoms with Crippen LogP contribution in [-0.4, -0.2) is 30.8 Å². The lowest BCUT2D eigenvalue weighted by Gasteiger charge is -1.91. The lowest BCUT2D eigenvalue weighted by atomic mass is 10.1. The van der Waals surface area contributed by atoms with Gasteiger partial charge in [-0.25, -0.2) is 0 Å². The molecule has 2 aromatic heterocycles. The molecule has 20 heavy (non-hydrogen) atoms. The highest BCUT2D eigenvalue weighted by Crippen LogP contribution is 2.11. The van der Waals surface area contributed by atoms with Crippen molar-refractivity contribution in [3.8, 4) is 11.8 Å². The van der Waals surface area contributed by atoms with Crippen molar-refractivity contribution < 1.29 is 0 Å². The molecule has 0 aliphatic carbocycles. The minimum absolute atomic E-state index is 0.809. The van der Waals surface area contributed by atoms with E-state index in [4.69, 9.17) is 0 Å². The van der Waals surface area contributed by atoms with Crippen LogP contribution in [0.15, 0.2) is 36.4 Å².